The van der Waals surface area contributed by atoms with Crippen LogP contribution in [0.15, 0.2) is 12.1 Å². The van der Waals surface area contributed by atoms with Gasteiger partial charge in [0.25, 0.3) is 11.8 Å². The lowest BCUT2D eigenvalue weighted by atomic mass is 9.97. The van der Waals surface area contributed by atoms with Gasteiger partial charge >= 0.3 is 11.9 Å². The molecule has 34 heavy (non-hydrogen) atoms. The molecular weight excluding hydrogens is 476 g/mol. The van der Waals surface area contributed by atoms with Crippen LogP contribution >= 0.6 is 0 Å². The zero-order chi connectivity index (χ0) is 26.1. The lowest BCUT2D eigenvalue weighted by molar-refractivity contribution is 0.0675. The topological polar surface area (TPSA) is 151 Å². The predicted molar refractivity (Wildman–Crippen MR) is 133 cm³/mol. The third-order valence-electron chi connectivity index (χ3n) is 5.70. The van der Waals surface area contributed by atoms with Gasteiger partial charge in [-0.1, -0.05) is 0 Å². The molecule has 4 N–H and O–H groups in total. The summed E-state index contributed by atoms with van der Waals surface area (Å²) in [7, 11) is -0.301. The number of rotatable bonds is 14. The molecule has 0 spiro atoms. The van der Waals surface area contributed by atoms with E-state index in [0.29, 0.717) is 12.8 Å². The number of carboxylic acids is 2. The first kappa shape index (κ1) is 29.5. The highest BCUT2D eigenvalue weighted by Crippen LogP contribution is 2.19. The molecule has 0 aromatic heterocycles. The van der Waals surface area contributed by atoms with E-state index in [1.165, 1.54) is 0 Å². The Balaban J connectivity index is 3.04. The van der Waals surface area contributed by atoms with Crippen molar-refractivity contribution < 1.29 is 38.2 Å². The van der Waals surface area contributed by atoms with Crippen molar-refractivity contribution in [1.82, 2.24) is 10.6 Å². The Labute approximate surface area is 202 Å². The van der Waals surface area contributed by atoms with Gasteiger partial charge in [-0.2, -0.15) is 0 Å². The van der Waals surface area contributed by atoms with Crippen LogP contribution in [0.2, 0.25) is 38.3 Å². The van der Waals surface area contributed by atoms with Crippen molar-refractivity contribution in [2.75, 3.05) is 27.3 Å². The highest BCUT2D eigenvalue weighted by atomic mass is 28.4. The third kappa shape index (κ3) is 9.01. The molecule has 1 aromatic rings. The normalized spacial score (nSPS) is 11.7. The van der Waals surface area contributed by atoms with Crippen molar-refractivity contribution in [2.45, 2.75) is 51.1 Å². The van der Waals surface area contributed by atoms with E-state index in [-0.39, 0.29) is 24.2 Å². The summed E-state index contributed by atoms with van der Waals surface area (Å²) in [6.07, 6.45) is 1.27. The Morgan fingerprint density at radius 1 is 0.706 bits per heavy atom. The fourth-order valence-electron chi connectivity index (χ4n) is 3.16. The van der Waals surface area contributed by atoms with E-state index < -0.39 is 51.5 Å². The first-order valence-electron chi connectivity index (χ1n) is 11.1. The Morgan fingerprint density at radius 2 is 1.03 bits per heavy atom. The summed E-state index contributed by atoms with van der Waals surface area (Å²) >= 11 is 0. The van der Waals surface area contributed by atoms with Crippen molar-refractivity contribution in [3.8, 4) is 0 Å². The smallest absolute Gasteiger partial charge is 0.336 e. The Bertz CT molecular complexity index is 845. The highest BCUT2D eigenvalue weighted by Gasteiger charge is 2.26. The van der Waals surface area contributed by atoms with E-state index >= 15 is 0 Å². The largest absolute Gasteiger partial charge is 0.478 e. The van der Waals surface area contributed by atoms with Gasteiger partial charge in [0.15, 0.2) is 16.6 Å². The SMILES string of the molecule is CO[Si](C)(C)CCCNC(=O)c1cc(C(=O)O)c(C(=O)NCCC[Si](C)(C)OC)cc1C(=O)O. The van der Waals surface area contributed by atoms with Crippen LogP contribution in [0.1, 0.15) is 54.3 Å². The minimum Gasteiger partial charge on any atom is -0.478 e. The molecule has 0 heterocycles. The van der Waals surface area contributed by atoms with Gasteiger partial charge in [0.1, 0.15) is 0 Å². The maximum absolute atomic E-state index is 12.7. The van der Waals surface area contributed by atoms with Gasteiger partial charge in [-0.05, 0) is 63.3 Å². The molecule has 1 aromatic carbocycles. The third-order valence-corrected chi connectivity index (χ3v) is 11.0. The fourth-order valence-corrected chi connectivity index (χ4v) is 5.62. The molecule has 0 aliphatic carbocycles. The summed E-state index contributed by atoms with van der Waals surface area (Å²) < 4.78 is 10.9. The minimum absolute atomic E-state index is 0.281. The van der Waals surface area contributed by atoms with Crippen LogP contribution in [-0.4, -0.2) is 77.9 Å². The van der Waals surface area contributed by atoms with Crippen molar-refractivity contribution in [3.05, 3.63) is 34.4 Å². The van der Waals surface area contributed by atoms with Crippen LogP contribution in [0.3, 0.4) is 0 Å². The van der Waals surface area contributed by atoms with Crippen molar-refractivity contribution in [2.24, 2.45) is 0 Å². The van der Waals surface area contributed by atoms with Gasteiger partial charge < -0.3 is 29.7 Å². The van der Waals surface area contributed by atoms with Crippen LogP contribution in [0.4, 0.5) is 0 Å². The summed E-state index contributed by atoms with van der Waals surface area (Å²) in [5.41, 5.74) is -1.49. The average Bonchev–Trinajstić information content (AvgIpc) is 2.78. The van der Waals surface area contributed by atoms with E-state index in [1.807, 2.05) is 26.2 Å². The predicted octanol–water partition coefficient (Wildman–Crippen LogP) is 3.03. The summed E-state index contributed by atoms with van der Waals surface area (Å²) in [6.45, 7) is 8.73. The maximum Gasteiger partial charge on any atom is 0.336 e. The van der Waals surface area contributed by atoms with Gasteiger partial charge in [-0.3, -0.25) is 9.59 Å². The molecule has 1 rings (SSSR count). The quantitative estimate of drug-likeness (QED) is 0.219. The number of carboxylic acid groups (broad SMARTS) is 2. The number of carbonyl (C=O) groups is 4. The lowest BCUT2D eigenvalue weighted by Crippen LogP contribution is -2.33. The van der Waals surface area contributed by atoms with E-state index in [9.17, 15) is 29.4 Å². The van der Waals surface area contributed by atoms with E-state index in [2.05, 4.69) is 10.6 Å². The molecule has 190 valence electrons. The first-order valence-corrected chi connectivity index (χ1v) is 17.3. The molecular formula is C22H36N2O8Si2. The van der Waals surface area contributed by atoms with Crippen LogP contribution in [0.5, 0.6) is 0 Å². The Hall–Kier alpha value is -2.55. The molecule has 0 fully saturated rings. The second-order valence-corrected chi connectivity index (χ2v) is 18.1. The summed E-state index contributed by atoms with van der Waals surface area (Å²) in [6, 6.07) is 3.48. The summed E-state index contributed by atoms with van der Waals surface area (Å²) in [5, 5.41) is 24.5. The van der Waals surface area contributed by atoms with Gasteiger partial charge in [0, 0.05) is 27.3 Å². The number of aromatic carboxylic acids is 2. The number of hydrogen-bond acceptors (Lipinski definition) is 6. The summed E-state index contributed by atoms with van der Waals surface area (Å²) in [5.74, 6) is -4.29. The van der Waals surface area contributed by atoms with Crippen LogP contribution in [-0.2, 0) is 8.85 Å². The highest BCUT2D eigenvalue weighted by molar-refractivity contribution is 6.71. The maximum atomic E-state index is 12.7. The van der Waals surface area contributed by atoms with Gasteiger partial charge in [-0.25, -0.2) is 9.59 Å². The number of benzene rings is 1. The van der Waals surface area contributed by atoms with E-state index in [0.717, 1.165) is 24.2 Å². The molecule has 0 bridgehead atoms. The Morgan fingerprint density at radius 3 is 1.29 bits per heavy atom. The molecule has 0 radical (unpaired) electrons. The van der Waals surface area contributed by atoms with Crippen molar-refractivity contribution in [1.29, 1.82) is 0 Å². The fraction of sp³-hybridized carbons (Fsp3) is 0.545. The summed E-state index contributed by atoms with van der Waals surface area (Å²) in [4.78, 5) is 48.9. The van der Waals surface area contributed by atoms with Gasteiger partial charge in [-0.15, -0.1) is 0 Å². The van der Waals surface area contributed by atoms with E-state index in [4.69, 9.17) is 8.85 Å². The Kier molecular flexibility index (Phi) is 11.1. The molecule has 0 unspecified atom stereocenters. The standard InChI is InChI=1S/C22H36N2O8Si2/c1-31-33(3,4)11-7-9-23-19(25)15-13-18(22(29)30)16(14-17(15)21(27)28)20(26)24-10-8-12-34(5,6)32-2/h13-14H,7-12H2,1-6H3,(H,23,25)(H,24,26)(H,27,28)(H,29,30). The number of carbonyl (C=O) groups excluding carboxylic acids is 2. The van der Waals surface area contributed by atoms with Gasteiger partial charge in [0.05, 0.1) is 22.3 Å². The molecule has 0 aliphatic rings. The number of hydrogen-bond donors (Lipinski definition) is 4. The first-order chi connectivity index (χ1) is 15.7. The zero-order valence-electron chi connectivity index (χ0n) is 20.7. The average molecular weight is 513 g/mol. The van der Waals surface area contributed by atoms with Gasteiger partial charge in [0.2, 0.25) is 0 Å². The number of nitrogens with one attached hydrogen (secondary N) is 2. The van der Waals surface area contributed by atoms with E-state index in [1.54, 1.807) is 14.2 Å². The van der Waals surface area contributed by atoms with Crippen molar-refractivity contribution in [3.63, 3.8) is 0 Å². The molecule has 10 nitrogen and oxygen atoms in total. The molecule has 0 aliphatic heterocycles. The van der Waals surface area contributed by atoms with Crippen molar-refractivity contribution >= 4 is 40.4 Å². The van der Waals surface area contributed by atoms with Crippen LogP contribution in [0, 0.1) is 0 Å². The lowest BCUT2D eigenvalue weighted by Gasteiger charge is -2.20. The molecule has 12 heteroatoms. The zero-order valence-corrected chi connectivity index (χ0v) is 22.7. The molecule has 0 saturated carbocycles. The minimum atomic E-state index is -1.80. The van der Waals surface area contributed by atoms with Crippen LogP contribution < -0.4 is 10.6 Å². The second-order valence-electron chi connectivity index (χ2n) is 9.20. The van der Waals surface area contributed by atoms with Crippen LogP contribution in [0.25, 0.3) is 0 Å². The molecule has 0 atom stereocenters. The molecule has 0 saturated heterocycles. The molecule has 2 amide bonds. The monoisotopic (exact) mass is 512 g/mol. The second kappa shape index (κ2) is 12.8. The number of amides is 2.